The lowest BCUT2D eigenvalue weighted by atomic mass is 9.80. The van der Waals surface area contributed by atoms with Crippen molar-refractivity contribution < 1.29 is 0 Å². The predicted molar refractivity (Wildman–Crippen MR) is 47.4 cm³/mol. The van der Waals surface area contributed by atoms with Gasteiger partial charge >= 0.3 is 0 Å². The number of nitrogens with one attached hydrogen (secondary N) is 1. The topological polar surface area (TPSA) is 12.0 Å². The van der Waals surface area contributed by atoms with Crippen LogP contribution in [0.25, 0.3) is 0 Å². The Morgan fingerprint density at radius 1 is 1.36 bits per heavy atom. The highest BCUT2D eigenvalue weighted by Crippen LogP contribution is 2.31. The maximum atomic E-state index is 3.46. The summed E-state index contributed by atoms with van der Waals surface area (Å²) in [6, 6.07) is 0. The minimum absolute atomic E-state index is 0.859. The molecule has 1 heterocycles. The lowest BCUT2D eigenvalue weighted by Crippen LogP contribution is -2.18. The van der Waals surface area contributed by atoms with Gasteiger partial charge in [-0.15, -0.1) is 0 Å². The van der Waals surface area contributed by atoms with Crippen molar-refractivity contribution in [3.63, 3.8) is 0 Å². The molecule has 2 aliphatic rings. The van der Waals surface area contributed by atoms with Crippen molar-refractivity contribution in [1.82, 2.24) is 5.32 Å². The summed E-state index contributed by atoms with van der Waals surface area (Å²) in [5, 5.41) is 3.46. The summed E-state index contributed by atoms with van der Waals surface area (Å²) in [5.74, 6) is 2.68. The first-order valence-corrected chi connectivity index (χ1v) is 4.79. The molecule has 1 aliphatic heterocycles. The molecule has 0 aromatic heterocycles. The molecule has 0 saturated carbocycles. The zero-order valence-electron chi connectivity index (χ0n) is 7.22. The Balaban J connectivity index is 2.03. The number of allylic oxidation sites excluding steroid dienone is 1. The van der Waals surface area contributed by atoms with E-state index in [2.05, 4.69) is 24.4 Å². The van der Waals surface area contributed by atoms with Crippen molar-refractivity contribution in [2.24, 2.45) is 17.8 Å². The first-order valence-electron chi connectivity index (χ1n) is 4.79. The van der Waals surface area contributed by atoms with Crippen molar-refractivity contribution in [2.75, 3.05) is 13.1 Å². The number of hydrogen-bond acceptors (Lipinski definition) is 1. The fourth-order valence-electron chi connectivity index (χ4n) is 2.31. The molecule has 1 fully saturated rings. The van der Waals surface area contributed by atoms with E-state index in [1.54, 1.807) is 0 Å². The van der Waals surface area contributed by atoms with Crippen molar-refractivity contribution >= 4 is 0 Å². The molecule has 0 unspecified atom stereocenters. The van der Waals surface area contributed by atoms with Crippen LogP contribution in [0.15, 0.2) is 12.2 Å². The van der Waals surface area contributed by atoms with Gasteiger partial charge in [0.15, 0.2) is 0 Å². The Kier molecular flexibility index (Phi) is 1.99. The molecule has 0 spiro atoms. The highest BCUT2D eigenvalue weighted by atomic mass is 14.9. The van der Waals surface area contributed by atoms with Crippen LogP contribution in [-0.2, 0) is 0 Å². The van der Waals surface area contributed by atoms with Crippen LogP contribution in [0, 0.1) is 17.8 Å². The molecule has 0 aromatic rings. The van der Waals surface area contributed by atoms with Gasteiger partial charge in [-0.2, -0.15) is 0 Å². The SMILES string of the molecule is CC[C@@H]1C=C[C@@H]2CNC[C@@H]2C1. The van der Waals surface area contributed by atoms with E-state index >= 15 is 0 Å². The van der Waals surface area contributed by atoms with Crippen molar-refractivity contribution in [2.45, 2.75) is 19.8 Å². The van der Waals surface area contributed by atoms with Gasteiger partial charge in [0.05, 0.1) is 0 Å². The van der Waals surface area contributed by atoms with E-state index in [0.717, 1.165) is 17.8 Å². The number of rotatable bonds is 1. The lowest BCUT2D eigenvalue weighted by molar-refractivity contribution is 0.365. The second-order valence-electron chi connectivity index (χ2n) is 3.87. The molecule has 0 bridgehead atoms. The predicted octanol–water partition coefficient (Wildman–Crippen LogP) is 1.81. The second kappa shape index (κ2) is 2.98. The summed E-state index contributed by atoms with van der Waals surface area (Å²) in [7, 11) is 0. The molecule has 11 heavy (non-hydrogen) atoms. The van der Waals surface area contributed by atoms with E-state index < -0.39 is 0 Å². The van der Waals surface area contributed by atoms with Gasteiger partial charge in [0.1, 0.15) is 0 Å². The largest absolute Gasteiger partial charge is 0.316 e. The van der Waals surface area contributed by atoms with Crippen LogP contribution in [0.5, 0.6) is 0 Å². The molecule has 1 nitrogen and oxygen atoms in total. The first kappa shape index (κ1) is 7.35. The van der Waals surface area contributed by atoms with E-state index in [1.165, 1.54) is 25.9 Å². The fraction of sp³-hybridized carbons (Fsp3) is 0.800. The minimum Gasteiger partial charge on any atom is -0.316 e. The average Bonchev–Trinajstić information content (AvgIpc) is 2.50. The van der Waals surface area contributed by atoms with Gasteiger partial charge in [-0.3, -0.25) is 0 Å². The van der Waals surface area contributed by atoms with Crippen LogP contribution in [0.3, 0.4) is 0 Å². The van der Waals surface area contributed by atoms with E-state index in [1.807, 2.05) is 0 Å². The summed E-state index contributed by atoms with van der Waals surface area (Å²) < 4.78 is 0. The Labute approximate surface area is 68.9 Å². The fourth-order valence-corrected chi connectivity index (χ4v) is 2.31. The first-order chi connectivity index (χ1) is 5.40. The summed E-state index contributed by atoms with van der Waals surface area (Å²) in [4.78, 5) is 0. The molecular weight excluding hydrogens is 134 g/mol. The molecule has 3 atom stereocenters. The standard InChI is InChI=1S/C10H17N/c1-2-8-3-4-9-6-11-7-10(9)5-8/h3-4,8-11H,2,5-7H2,1H3/t8-,9-,10+/m1/s1. The molecule has 1 aliphatic carbocycles. The van der Waals surface area contributed by atoms with Gasteiger partial charge in [-0.05, 0) is 37.1 Å². The molecule has 2 rings (SSSR count). The number of hydrogen-bond donors (Lipinski definition) is 1. The van der Waals surface area contributed by atoms with Crippen LogP contribution in [0.4, 0.5) is 0 Å². The Bertz CT molecular complexity index is 162. The van der Waals surface area contributed by atoms with E-state index in [9.17, 15) is 0 Å². The highest BCUT2D eigenvalue weighted by molar-refractivity contribution is 5.04. The third-order valence-corrected chi connectivity index (χ3v) is 3.15. The van der Waals surface area contributed by atoms with Crippen molar-refractivity contribution in [1.29, 1.82) is 0 Å². The zero-order valence-corrected chi connectivity index (χ0v) is 7.22. The van der Waals surface area contributed by atoms with Gasteiger partial charge in [0.25, 0.3) is 0 Å². The Hall–Kier alpha value is -0.300. The summed E-state index contributed by atoms with van der Waals surface area (Å²) in [5.41, 5.74) is 0. The molecule has 62 valence electrons. The smallest absolute Gasteiger partial charge is 0.00174 e. The molecule has 0 amide bonds. The summed E-state index contributed by atoms with van der Waals surface area (Å²) >= 11 is 0. The Morgan fingerprint density at radius 2 is 2.27 bits per heavy atom. The van der Waals surface area contributed by atoms with Gasteiger partial charge in [0, 0.05) is 6.54 Å². The highest BCUT2D eigenvalue weighted by Gasteiger charge is 2.29. The summed E-state index contributed by atoms with van der Waals surface area (Å²) in [6.45, 7) is 4.76. The van der Waals surface area contributed by atoms with Gasteiger partial charge in [-0.25, -0.2) is 0 Å². The molecule has 1 N–H and O–H groups in total. The maximum Gasteiger partial charge on any atom is 0.00174 e. The molecular formula is C10H17N. The molecule has 0 aromatic carbocycles. The van der Waals surface area contributed by atoms with Gasteiger partial charge < -0.3 is 5.32 Å². The quantitative estimate of drug-likeness (QED) is 0.564. The van der Waals surface area contributed by atoms with Crippen LogP contribution in [0.2, 0.25) is 0 Å². The molecule has 1 saturated heterocycles. The molecule has 1 heteroatoms. The average molecular weight is 151 g/mol. The molecule has 0 radical (unpaired) electrons. The summed E-state index contributed by atoms with van der Waals surface area (Å²) in [6.07, 6.45) is 7.60. The van der Waals surface area contributed by atoms with Crippen LogP contribution >= 0.6 is 0 Å². The normalized spacial score (nSPS) is 42.5. The van der Waals surface area contributed by atoms with Crippen molar-refractivity contribution in [3.05, 3.63) is 12.2 Å². The zero-order chi connectivity index (χ0) is 7.68. The lowest BCUT2D eigenvalue weighted by Gasteiger charge is -2.24. The van der Waals surface area contributed by atoms with Gasteiger partial charge in [-0.1, -0.05) is 19.1 Å². The second-order valence-corrected chi connectivity index (χ2v) is 3.87. The third-order valence-electron chi connectivity index (χ3n) is 3.15. The Morgan fingerprint density at radius 3 is 3.09 bits per heavy atom. The van der Waals surface area contributed by atoms with E-state index in [-0.39, 0.29) is 0 Å². The van der Waals surface area contributed by atoms with E-state index in [0.29, 0.717) is 0 Å². The van der Waals surface area contributed by atoms with E-state index in [4.69, 9.17) is 0 Å². The van der Waals surface area contributed by atoms with Crippen molar-refractivity contribution in [3.8, 4) is 0 Å². The monoisotopic (exact) mass is 151 g/mol. The van der Waals surface area contributed by atoms with Crippen LogP contribution in [0.1, 0.15) is 19.8 Å². The third kappa shape index (κ3) is 1.34. The van der Waals surface area contributed by atoms with Crippen LogP contribution < -0.4 is 5.32 Å². The van der Waals surface area contributed by atoms with Crippen LogP contribution in [-0.4, -0.2) is 13.1 Å². The van der Waals surface area contributed by atoms with Gasteiger partial charge in [0.2, 0.25) is 0 Å². The maximum absolute atomic E-state index is 3.46. The minimum atomic E-state index is 0.859. The number of fused-ring (bicyclic) bond motifs is 1.